The number of benzene rings is 3. The third kappa shape index (κ3) is 9.22. The van der Waals surface area contributed by atoms with E-state index in [2.05, 4.69) is 34.7 Å². The number of fused-ring (bicyclic) bond motifs is 3. The third-order valence-electron chi connectivity index (χ3n) is 11.5. The number of hydrogen-bond donors (Lipinski definition) is 3. The Morgan fingerprint density at radius 1 is 0.952 bits per heavy atom. The molecule has 62 heavy (non-hydrogen) atoms. The molecule has 1 amide bonds. The fourth-order valence-corrected chi connectivity index (χ4v) is 9.39. The molecule has 4 heterocycles. The Bertz CT molecular complexity index is 2860. The van der Waals surface area contributed by atoms with Crippen LogP contribution in [0.3, 0.4) is 0 Å². The van der Waals surface area contributed by atoms with Gasteiger partial charge in [0.05, 0.1) is 21.5 Å². The maximum atomic E-state index is 13.2. The number of likely N-dealkylation sites (N-methyl/N-ethyl adjacent to an activating group) is 1. The Kier molecular flexibility index (Phi) is 13.5. The van der Waals surface area contributed by atoms with Gasteiger partial charge in [0.2, 0.25) is 23.4 Å². The van der Waals surface area contributed by atoms with E-state index in [9.17, 15) is 30.7 Å². The second-order valence-electron chi connectivity index (χ2n) is 15.7. The predicted molar refractivity (Wildman–Crippen MR) is 227 cm³/mol. The van der Waals surface area contributed by atoms with E-state index in [4.69, 9.17) is 10.5 Å². The number of H-pyrrole nitrogens is 1. The van der Waals surface area contributed by atoms with Gasteiger partial charge in [0.15, 0.2) is 11.4 Å². The zero-order valence-electron chi connectivity index (χ0n) is 35.4. The summed E-state index contributed by atoms with van der Waals surface area (Å²) in [6.07, 6.45) is 8.46. The summed E-state index contributed by atoms with van der Waals surface area (Å²) in [4.78, 5) is 29.9. The van der Waals surface area contributed by atoms with Gasteiger partial charge in [-0.25, -0.2) is 21.8 Å². The molecule has 16 nitrogen and oxygen atoms in total. The largest absolute Gasteiger partial charge is 1.00 e. The number of anilines is 2. The molecule has 7 rings (SSSR count). The van der Waals surface area contributed by atoms with Crippen molar-refractivity contribution in [2.24, 2.45) is 0 Å². The normalized spacial score (nSPS) is 17.7. The molecule has 3 aromatic carbocycles. The van der Waals surface area contributed by atoms with E-state index >= 15 is 0 Å². The monoisotopic (exact) mass is 890 g/mol. The Labute approximate surface area is 383 Å². The van der Waals surface area contributed by atoms with Crippen molar-refractivity contribution in [1.29, 1.82) is 0 Å². The van der Waals surface area contributed by atoms with Crippen molar-refractivity contribution in [3.8, 4) is 5.88 Å². The van der Waals surface area contributed by atoms with Gasteiger partial charge < -0.3 is 34.8 Å². The second-order valence-corrected chi connectivity index (χ2v) is 18.5. The van der Waals surface area contributed by atoms with Gasteiger partial charge in [0, 0.05) is 54.0 Å². The number of rotatable bonds is 15. The van der Waals surface area contributed by atoms with Crippen molar-refractivity contribution < 1.29 is 69.6 Å². The van der Waals surface area contributed by atoms with Crippen molar-refractivity contribution in [2.75, 3.05) is 23.7 Å². The maximum Gasteiger partial charge on any atom is 1.00 e. The molecule has 320 valence electrons. The Balaban J connectivity index is 0.00000641. The minimum absolute atomic E-state index is 0. The number of nitrogen functional groups attached to an aromatic ring is 1. The molecule has 2 aliphatic heterocycles. The molecule has 2 aromatic heterocycles. The molecule has 4 N–H and O–H groups in total. The van der Waals surface area contributed by atoms with Crippen molar-refractivity contribution in [2.45, 2.75) is 87.7 Å². The number of aromatic nitrogens is 4. The number of aromatic amines is 1. The number of hydrogen-bond acceptors (Lipinski definition) is 13. The molecule has 19 heteroatoms. The van der Waals surface area contributed by atoms with E-state index in [0.29, 0.717) is 55.1 Å². The fraction of sp³-hybridized carbons (Fsp3) is 0.326. The summed E-state index contributed by atoms with van der Waals surface area (Å²) >= 11 is 0. The van der Waals surface area contributed by atoms with E-state index in [0.717, 1.165) is 39.5 Å². The maximum absolute atomic E-state index is 13.2. The van der Waals surface area contributed by atoms with E-state index in [-0.39, 0.29) is 64.2 Å². The number of carbonyl (C=O) groups is 1. The average molecular weight is 891 g/mol. The van der Waals surface area contributed by atoms with E-state index in [1.165, 1.54) is 30.6 Å². The van der Waals surface area contributed by atoms with Gasteiger partial charge in [-0.3, -0.25) is 4.79 Å². The molecule has 1 unspecified atom stereocenters. The number of carbonyl (C=O) groups excluding carboxylic acids is 1. The molecule has 0 fully saturated rings. The van der Waals surface area contributed by atoms with Crippen LogP contribution in [0.4, 0.5) is 17.3 Å². The first-order valence-corrected chi connectivity index (χ1v) is 22.6. The van der Waals surface area contributed by atoms with E-state index in [1.54, 1.807) is 12.1 Å². The smallest absolute Gasteiger partial charge is 0.744 e. The Morgan fingerprint density at radius 3 is 2.27 bits per heavy atom. The van der Waals surface area contributed by atoms with Gasteiger partial charge in [-0.1, -0.05) is 30.3 Å². The summed E-state index contributed by atoms with van der Waals surface area (Å²) in [5, 5.41) is 2.99. The van der Waals surface area contributed by atoms with Crippen molar-refractivity contribution in [1.82, 2.24) is 25.3 Å². The third-order valence-corrected chi connectivity index (χ3v) is 13.2. The Hall–Kier alpha value is -4.95. The van der Waals surface area contributed by atoms with Gasteiger partial charge in [-0.05, 0) is 101 Å². The van der Waals surface area contributed by atoms with E-state index < -0.39 is 31.1 Å². The first-order valence-electron chi connectivity index (χ1n) is 19.8. The molecule has 0 aliphatic carbocycles. The van der Waals surface area contributed by atoms with Crippen LogP contribution in [-0.2, 0) is 49.0 Å². The number of imidazole rings is 1. The quantitative estimate of drug-likeness (QED) is 0.0779. The van der Waals surface area contributed by atoms with Crippen molar-refractivity contribution >= 4 is 60.3 Å². The fourth-order valence-electron chi connectivity index (χ4n) is 8.40. The minimum Gasteiger partial charge on any atom is -0.744 e. The number of nitrogens with two attached hydrogens (primary N) is 1. The van der Waals surface area contributed by atoms with Gasteiger partial charge in [-0.15, -0.1) is 0 Å². The predicted octanol–water partition coefficient (Wildman–Crippen LogP) is 2.45. The zero-order valence-corrected chi connectivity index (χ0v) is 39.1. The summed E-state index contributed by atoms with van der Waals surface area (Å²) in [5.74, 6) is 0.199. The molecule has 5 aromatic rings. The summed E-state index contributed by atoms with van der Waals surface area (Å²) < 4.78 is 80.3. The number of ether oxygens (including phenoxy) is 1. The van der Waals surface area contributed by atoms with Crippen LogP contribution < -0.4 is 50.2 Å². The number of amides is 1. The second kappa shape index (κ2) is 18.0. The standard InChI is InChI=1S/C43H48N8O8S2.Na/c1-6-50-33-19-17-29(60(53,54)55)22-31(33)42(3,4)35(50)10-8-11-36-43(5,32-23-30(61(56,57)58)18-20-34(32)51(36)7-2)21-9-12-37(52)45-24-27-13-15-28(16-14-27)25-59-40-38-39(47-26-46-38)48-41(44)49-40;/h8,10-11,13-20,22-23,26H,6-7,9,12,21,24-25H2,1-5H3,(H5-,44,45,46,47,48,49,52,53,54,55,56,57,58);/q;+1/p-1. The minimum atomic E-state index is -4.75. The number of nitrogens with zero attached hydrogens (tertiary/aromatic N) is 5. The summed E-state index contributed by atoms with van der Waals surface area (Å²) in [5.41, 5.74) is 11.8. The summed E-state index contributed by atoms with van der Waals surface area (Å²) in [7, 11) is -9.41. The van der Waals surface area contributed by atoms with Crippen LogP contribution >= 0.6 is 0 Å². The average Bonchev–Trinajstić information content (AvgIpc) is 3.84. The SMILES string of the molecule is CCN1/C(=C/C=C/C2=[N+](CC)c3ccc(S(=O)(=O)[O-])cc3C2(C)C)C(C)(CCCC(=O)NCc2ccc(COc3nc(N)nc4nc[nH]c34)cc2)c2cc(S(=O)(=O)[O-])ccc21.[Na+]. The van der Waals surface area contributed by atoms with Crippen LogP contribution in [0, 0.1) is 0 Å². The number of allylic oxidation sites excluding steroid dienone is 4. The topological polar surface area (TPSA) is 239 Å². The molecule has 0 saturated carbocycles. The molecular weight excluding hydrogens is 844 g/mol. The van der Waals surface area contributed by atoms with Gasteiger partial charge in [0.1, 0.15) is 38.9 Å². The molecule has 0 spiro atoms. The van der Waals surface area contributed by atoms with Crippen LogP contribution in [0.2, 0.25) is 0 Å². The van der Waals surface area contributed by atoms with Crippen LogP contribution in [-0.4, -0.2) is 75.2 Å². The zero-order chi connectivity index (χ0) is 43.9. The first kappa shape index (κ1) is 46.6. The molecule has 1 atom stereocenters. The van der Waals surface area contributed by atoms with Gasteiger partial charge in [-0.2, -0.15) is 14.5 Å². The summed E-state index contributed by atoms with van der Waals surface area (Å²) in [6, 6.07) is 16.5. The van der Waals surface area contributed by atoms with Crippen molar-refractivity contribution in [3.63, 3.8) is 0 Å². The molecular formula is C43H47N8NaO8S2. The molecule has 0 bridgehead atoms. The molecule has 0 radical (unpaired) electrons. The molecule has 0 saturated heterocycles. The van der Waals surface area contributed by atoms with Gasteiger partial charge in [0.25, 0.3) is 0 Å². The van der Waals surface area contributed by atoms with Crippen LogP contribution in [0.5, 0.6) is 5.88 Å². The summed E-state index contributed by atoms with van der Waals surface area (Å²) in [6.45, 7) is 11.6. The van der Waals surface area contributed by atoms with Crippen LogP contribution in [0.25, 0.3) is 11.2 Å². The van der Waals surface area contributed by atoms with E-state index in [1.807, 2.05) is 77.1 Å². The van der Waals surface area contributed by atoms with Gasteiger partial charge >= 0.3 is 29.6 Å². The molecule has 2 aliphatic rings. The first-order chi connectivity index (χ1) is 28.8. The van der Waals surface area contributed by atoms with Crippen LogP contribution in [0.15, 0.2) is 101 Å². The Morgan fingerprint density at radius 2 is 1.61 bits per heavy atom. The number of nitrogens with one attached hydrogen (secondary N) is 2. The van der Waals surface area contributed by atoms with Crippen LogP contribution in [0.1, 0.15) is 76.1 Å². The van der Waals surface area contributed by atoms with Crippen molar-refractivity contribution in [3.05, 3.63) is 113 Å².